The largest absolute Gasteiger partial charge is 0.198 e. The molecule has 0 aliphatic rings. The lowest BCUT2D eigenvalue weighted by Crippen LogP contribution is -1.90. The SMILES string of the molecule is FC(Sc1ccc(Br)cc1)=C(c1ccccc1)c1ccccc1. The minimum Gasteiger partial charge on any atom is -0.198 e. The molecule has 0 atom stereocenters. The zero-order valence-electron chi connectivity index (χ0n) is 12.2. The minimum absolute atomic E-state index is 0.204. The molecule has 0 spiro atoms. The molecule has 0 heterocycles. The zero-order chi connectivity index (χ0) is 16.1. The molecule has 3 heteroatoms. The number of benzene rings is 3. The molecule has 0 nitrogen and oxygen atoms in total. The van der Waals surface area contributed by atoms with Crippen LogP contribution < -0.4 is 0 Å². The van der Waals surface area contributed by atoms with Crippen LogP contribution in [0.15, 0.2) is 99.5 Å². The highest BCUT2D eigenvalue weighted by molar-refractivity contribution is 9.10. The lowest BCUT2D eigenvalue weighted by molar-refractivity contribution is 0.702. The van der Waals surface area contributed by atoms with E-state index in [-0.39, 0.29) is 5.16 Å². The fourth-order valence-electron chi connectivity index (χ4n) is 2.26. The second kappa shape index (κ2) is 7.62. The highest BCUT2D eigenvalue weighted by atomic mass is 79.9. The second-order valence-corrected chi connectivity index (χ2v) is 6.89. The van der Waals surface area contributed by atoms with Crippen LogP contribution in [0, 0.1) is 0 Å². The van der Waals surface area contributed by atoms with E-state index in [0.29, 0.717) is 5.57 Å². The summed E-state index contributed by atoms with van der Waals surface area (Å²) in [5.41, 5.74) is 2.38. The molecule has 0 aliphatic heterocycles. The molecule has 3 aromatic carbocycles. The first-order chi connectivity index (χ1) is 11.2. The molecular weight excluding hydrogens is 371 g/mol. The Kier molecular flexibility index (Phi) is 5.31. The highest BCUT2D eigenvalue weighted by Crippen LogP contribution is 2.37. The maximum Gasteiger partial charge on any atom is 0.169 e. The lowest BCUT2D eigenvalue weighted by atomic mass is 9.99. The Labute approximate surface area is 148 Å². The molecule has 0 unspecified atom stereocenters. The van der Waals surface area contributed by atoms with Crippen LogP contribution in [0.3, 0.4) is 0 Å². The normalized spacial score (nSPS) is 10.3. The third-order valence-electron chi connectivity index (χ3n) is 3.34. The minimum atomic E-state index is -0.204. The Morgan fingerprint density at radius 3 is 1.65 bits per heavy atom. The lowest BCUT2D eigenvalue weighted by Gasteiger charge is -2.10. The van der Waals surface area contributed by atoms with Gasteiger partial charge >= 0.3 is 0 Å². The van der Waals surface area contributed by atoms with E-state index < -0.39 is 0 Å². The molecule has 114 valence electrons. The van der Waals surface area contributed by atoms with E-state index in [1.807, 2.05) is 84.9 Å². The Morgan fingerprint density at radius 1 is 0.696 bits per heavy atom. The number of rotatable bonds is 4. The molecule has 0 aliphatic carbocycles. The molecular formula is C20H14BrFS. The number of halogens is 2. The Hall–Kier alpha value is -1.84. The smallest absolute Gasteiger partial charge is 0.169 e. The quantitative estimate of drug-likeness (QED) is 0.439. The summed E-state index contributed by atoms with van der Waals surface area (Å²) in [6.45, 7) is 0. The monoisotopic (exact) mass is 384 g/mol. The van der Waals surface area contributed by atoms with Gasteiger partial charge in [-0.25, -0.2) is 0 Å². The van der Waals surface area contributed by atoms with Gasteiger partial charge in [-0.1, -0.05) is 88.4 Å². The highest BCUT2D eigenvalue weighted by Gasteiger charge is 2.13. The second-order valence-electron chi connectivity index (χ2n) is 4.94. The van der Waals surface area contributed by atoms with Gasteiger partial charge in [-0.2, -0.15) is 4.39 Å². The number of hydrogen-bond acceptors (Lipinski definition) is 1. The Morgan fingerprint density at radius 2 is 1.17 bits per heavy atom. The molecule has 23 heavy (non-hydrogen) atoms. The third kappa shape index (κ3) is 4.12. The van der Waals surface area contributed by atoms with Crippen molar-refractivity contribution in [2.24, 2.45) is 0 Å². The van der Waals surface area contributed by atoms with Crippen LogP contribution >= 0.6 is 27.7 Å². The summed E-state index contributed by atoms with van der Waals surface area (Å²) in [6.07, 6.45) is 0. The van der Waals surface area contributed by atoms with E-state index >= 15 is 4.39 Å². The fourth-order valence-corrected chi connectivity index (χ4v) is 3.34. The summed E-state index contributed by atoms with van der Waals surface area (Å²) in [5.74, 6) is 0. The van der Waals surface area contributed by atoms with Gasteiger partial charge in [-0.15, -0.1) is 0 Å². The van der Waals surface area contributed by atoms with E-state index in [9.17, 15) is 0 Å². The van der Waals surface area contributed by atoms with Gasteiger partial charge in [0.05, 0.1) is 0 Å². The van der Waals surface area contributed by atoms with Crippen molar-refractivity contribution in [1.29, 1.82) is 0 Å². The predicted molar refractivity (Wildman–Crippen MR) is 100 cm³/mol. The Balaban J connectivity index is 2.04. The molecule has 0 N–H and O–H groups in total. The van der Waals surface area contributed by atoms with Crippen molar-refractivity contribution in [3.8, 4) is 0 Å². The van der Waals surface area contributed by atoms with Gasteiger partial charge in [0, 0.05) is 14.9 Å². The molecule has 0 aromatic heterocycles. The van der Waals surface area contributed by atoms with Crippen LogP contribution in [0.5, 0.6) is 0 Å². The van der Waals surface area contributed by atoms with Gasteiger partial charge in [0.2, 0.25) is 0 Å². The van der Waals surface area contributed by atoms with Crippen molar-refractivity contribution in [3.05, 3.63) is 106 Å². The average Bonchev–Trinajstić information content (AvgIpc) is 2.59. The van der Waals surface area contributed by atoms with Crippen LogP contribution in [-0.4, -0.2) is 0 Å². The van der Waals surface area contributed by atoms with E-state index in [1.54, 1.807) is 0 Å². The summed E-state index contributed by atoms with van der Waals surface area (Å²) in [4.78, 5) is 0.870. The molecule has 0 saturated heterocycles. The number of hydrogen-bond donors (Lipinski definition) is 0. The molecule has 0 saturated carbocycles. The van der Waals surface area contributed by atoms with E-state index in [0.717, 1.165) is 32.3 Å². The summed E-state index contributed by atoms with van der Waals surface area (Å²) < 4.78 is 16.0. The van der Waals surface area contributed by atoms with Gasteiger partial charge < -0.3 is 0 Å². The van der Waals surface area contributed by atoms with Crippen molar-refractivity contribution >= 4 is 33.3 Å². The van der Waals surface area contributed by atoms with E-state index in [2.05, 4.69) is 15.9 Å². The molecule has 0 fully saturated rings. The topological polar surface area (TPSA) is 0 Å². The summed E-state index contributed by atoms with van der Waals surface area (Å²) in [6, 6.07) is 27.0. The van der Waals surface area contributed by atoms with Crippen LogP contribution in [0.25, 0.3) is 5.57 Å². The van der Waals surface area contributed by atoms with Gasteiger partial charge in [-0.3, -0.25) is 0 Å². The summed E-state index contributed by atoms with van der Waals surface area (Å²) in [5, 5.41) is -0.204. The number of thioether (sulfide) groups is 1. The van der Waals surface area contributed by atoms with Crippen molar-refractivity contribution < 1.29 is 4.39 Å². The standard InChI is InChI=1S/C20H14BrFS/c21-17-11-13-18(14-12-17)23-20(22)19(15-7-3-1-4-8-15)16-9-5-2-6-10-16/h1-14H. The van der Waals surface area contributed by atoms with Gasteiger partial charge in [0.25, 0.3) is 0 Å². The third-order valence-corrected chi connectivity index (χ3v) is 4.76. The first-order valence-electron chi connectivity index (χ1n) is 7.18. The van der Waals surface area contributed by atoms with E-state index in [1.165, 1.54) is 0 Å². The first-order valence-corrected chi connectivity index (χ1v) is 8.79. The molecule has 3 rings (SSSR count). The zero-order valence-corrected chi connectivity index (χ0v) is 14.6. The molecule has 3 aromatic rings. The maximum absolute atomic E-state index is 15.1. The fraction of sp³-hybridized carbons (Fsp3) is 0. The van der Waals surface area contributed by atoms with Crippen molar-refractivity contribution in [3.63, 3.8) is 0 Å². The van der Waals surface area contributed by atoms with Crippen LogP contribution in [0.4, 0.5) is 4.39 Å². The predicted octanol–water partition coefficient (Wildman–Crippen LogP) is 6.93. The first kappa shape index (κ1) is 16.0. The van der Waals surface area contributed by atoms with Crippen LogP contribution in [0.1, 0.15) is 11.1 Å². The average molecular weight is 385 g/mol. The molecule has 0 bridgehead atoms. The molecule has 0 radical (unpaired) electrons. The van der Waals surface area contributed by atoms with Crippen LogP contribution in [0.2, 0.25) is 0 Å². The van der Waals surface area contributed by atoms with Crippen molar-refractivity contribution in [1.82, 2.24) is 0 Å². The maximum atomic E-state index is 15.1. The summed E-state index contributed by atoms with van der Waals surface area (Å²) >= 11 is 4.54. The molecule has 0 amide bonds. The van der Waals surface area contributed by atoms with Gasteiger partial charge in [0.15, 0.2) is 5.16 Å². The summed E-state index contributed by atoms with van der Waals surface area (Å²) in [7, 11) is 0. The van der Waals surface area contributed by atoms with E-state index in [4.69, 9.17) is 0 Å². The van der Waals surface area contributed by atoms with Gasteiger partial charge in [-0.05, 0) is 35.4 Å². The Bertz CT molecular complexity index is 755. The van der Waals surface area contributed by atoms with Crippen LogP contribution in [-0.2, 0) is 0 Å². The van der Waals surface area contributed by atoms with Crippen molar-refractivity contribution in [2.45, 2.75) is 4.90 Å². The van der Waals surface area contributed by atoms with Gasteiger partial charge in [0.1, 0.15) is 0 Å². The van der Waals surface area contributed by atoms with Crippen molar-refractivity contribution in [2.75, 3.05) is 0 Å².